The number of nitrogens with one attached hydrogen (secondary N) is 1. The molecule has 1 heterocycles. The van der Waals surface area contributed by atoms with E-state index in [1.165, 1.54) is 7.11 Å². The maximum atomic E-state index is 13.8. The Morgan fingerprint density at radius 1 is 1.10 bits per heavy atom. The second-order valence-corrected chi connectivity index (χ2v) is 4.12. The molecule has 8 heteroatoms. The number of benzene rings is 1. The van der Waals surface area contributed by atoms with E-state index in [2.05, 4.69) is 20.3 Å². The van der Waals surface area contributed by atoms with E-state index in [0.29, 0.717) is 6.54 Å². The third kappa shape index (κ3) is 3.21. The molecule has 0 saturated heterocycles. The Morgan fingerprint density at radius 3 is 2.52 bits per heavy atom. The van der Waals surface area contributed by atoms with Crippen LogP contribution in [-0.2, 0) is 0 Å². The van der Waals surface area contributed by atoms with E-state index in [-0.39, 0.29) is 23.3 Å². The molecule has 0 bridgehead atoms. The van der Waals surface area contributed by atoms with Crippen molar-refractivity contribution >= 4 is 5.95 Å². The zero-order chi connectivity index (χ0) is 15.4. The third-order valence-corrected chi connectivity index (χ3v) is 2.61. The molecule has 112 valence electrons. The lowest BCUT2D eigenvalue weighted by molar-refractivity contribution is 0.379. The lowest BCUT2D eigenvalue weighted by Gasteiger charge is -2.08. The predicted molar refractivity (Wildman–Crippen MR) is 70.5 cm³/mol. The fourth-order valence-corrected chi connectivity index (χ4v) is 1.58. The molecular formula is C13H13F3N4O. The van der Waals surface area contributed by atoms with Gasteiger partial charge < -0.3 is 10.1 Å². The van der Waals surface area contributed by atoms with Crippen LogP contribution in [0.3, 0.4) is 0 Å². The number of hydrogen-bond donors (Lipinski definition) is 1. The van der Waals surface area contributed by atoms with Crippen molar-refractivity contribution in [3.8, 4) is 17.4 Å². The van der Waals surface area contributed by atoms with Crippen molar-refractivity contribution in [2.24, 2.45) is 0 Å². The lowest BCUT2D eigenvalue weighted by Crippen LogP contribution is -2.08. The minimum atomic E-state index is -1.57. The van der Waals surface area contributed by atoms with Crippen LogP contribution in [0.2, 0.25) is 0 Å². The second-order valence-electron chi connectivity index (χ2n) is 4.12. The van der Waals surface area contributed by atoms with Crippen molar-refractivity contribution in [3.63, 3.8) is 0 Å². The summed E-state index contributed by atoms with van der Waals surface area (Å²) in [5.41, 5.74) is -0.269. The summed E-state index contributed by atoms with van der Waals surface area (Å²) in [5, 5.41) is 2.89. The van der Waals surface area contributed by atoms with E-state index < -0.39 is 17.5 Å². The summed E-state index contributed by atoms with van der Waals surface area (Å²) in [6, 6.07) is 1.82. The zero-order valence-electron chi connectivity index (χ0n) is 11.5. The Hall–Kier alpha value is -2.38. The number of rotatable bonds is 5. The summed E-state index contributed by atoms with van der Waals surface area (Å²) < 4.78 is 44.9. The molecule has 2 aromatic rings. The number of nitrogens with zero attached hydrogens (tertiary/aromatic N) is 3. The smallest absolute Gasteiger partial charge is 0.321 e. The van der Waals surface area contributed by atoms with Crippen LogP contribution < -0.4 is 10.1 Å². The minimum absolute atomic E-state index is 0.0530. The predicted octanol–water partition coefficient (Wildman–Crippen LogP) is 2.79. The van der Waals surface area contributed by atoms with Gasteiger partial charge in [-0.3, -0.25) is 0 Å². The van der Waals surface area contributed by atoms with Gasteiger partial charge in [-0.2, -0.15) is 15.0 Å². The van der Waals surface area contributed by atoms with Gasteiger partial charge in [-0.25, -0.2) is 13.2 Å². The van der Waals surface area contributed by atoms with Gasteiger partial charge in [0.2, 0.25) is 5.95 Å². The van der Waals surface area contributed by atoms with E-state index in [9.17, 15) is 13.2 Å². The van der Waals surface area contributed by atoms with E-state index in [1.54, 1.807) is 0 Å². The first-order valence-electron chi connectivity index (χ1n) is 6.24. The van der Waals surface area contributed by atoms with Crippen molar-refractivity contribution in [3.05, 3.63) is 29.6 Å². The van der Waals surface area contributed by atoms with Crippen LogP contribution in [0.1, 0.15) is 13.3 Å². The van der Waals surface area contributed by atoms with Gasteiger partial charge in [-0.05, 0) is 18.6 Å². The van der Waals surface area contributed by atoms with Gasteiger partial charge in [-0.1, -0.05) is 6.92 Å². The molecule has 2 rings (SSSR count). The highest BCUT2D eigenvalue weighted by atomic mass is 19.2. The summed E-state index contributed by atoms with van der Waals surface area (Å²) in [4.78, 5) is 11.8. The SMILES string of the molecule is CCCNc1nc(OC)nc(-c2ccc(F)c(F)c2F)n1. The van der Waals surface area contributed by atoms with Gasteiger partial charge in [0.25, 0.3) is 0 Å². The summed E-state index contributed by atoms with van der Waals surface area (Å²) in [7, 11) is 1.34. The van der Waals surface area contributed by atoms with Crippen LogP contribution in [0.15, 0.2) is 12.1 Å². The molecular weight excluding hydrogens is 285 g/mol. The van der Waals surface area contributed by atoms with Crippen LogP contribution >= 0.6 is 0 Å². The molecule has 0 amide bonds. The maximum absolute atomic E-state index is 13.8. The van der Waals surface area contributed by atoms with Crippen LogP contribution in [0.5, 0.6) is 6.01 Å². The van der Waals surface area contributed by atoms with Crippen LogP contribution in [0, 0.1) is 17.5 Å². The highest BCUT2D eigenvalue weighted by Gasteiger charge is 2.18. The minimum Gasteiger partial charge on any atom is -0.467 e. The molecule has 0 aliphatic heterocycles. The van der Waals surface area contributed by atoms with Crippen LogP contribution in [0.4, 0.5) is 19.1 Å². The molecule has 0 aliphatic carbocycles. The average molecular weight is 298 g/mol. The maximum Gasteiger partial charge on any atom is 0.321 e. The normalized spacial score (nSPS) is 10.5. The molecule has 0 spiro atoms. The molecule has 0 saturated carbocycles. The fraction of sp³-hybridized carbons (Fsp3) is 0.308. The topological polar surface area (TPSA) is 59.9 Å². The second kappa shape index (κ2) is 6.38. The first kappa shape index (κ1) is 15.0. The molecule has 21 heavy (non-hydrogen) atoms. The molecule has 0 radical (unpaired) electrons. The molecule has 5 nitrogen and oxygen atoms in total. The Labute approximate surface area is 119 Å². The highest BCUT2D eigenvalue weighted by molar-refractivity contribution is 5.57. The molecule has 0 fully saturated rings. The Morgan fingerprint density at radius 2 is 1.86 bits per heavy atom. The summed E-state index contributed by atoms with van der Waals surface area (Å²) in [6.07, 6.45) is 0.822. The van der Waals surface area contributed by atoms with E-state index in [4.69, 9.17) is 4.74 Å². The van der Waals surface area contributed by atoms with Gasteiger partial charge in [-0.15, -0.1) is 0 Å². The third-order valence-electron chi connectivity index (χ3n) is 2.61. The van der Waals surface area contributed by atoms with Gasteiger partial charge in [0, 0.05) is 6.54 Å². The zero-order valence-corrected chi connectivity index (χ0v) is 11.5. The highest BCUT2D eigenvalue weighted by Crippen LogP contribution is 2.25. The van der Waals surface area contributed by atoms with Crippen molar-refractivity contribution in [1.29, 1.82) is 0 Å². The fourth-order valence-electron chi connectivity index (χ4n) is 1.58. The van der Waals surface area contributed by atoms with Crippen molar-refractivity contribution in [2.75, 3.05) is 19.0 Å². The summed E-state index contributed by atoms with van der Waals surface area (Å²) in [5.74, 6) is -4.18. The summed E-state index contributed by atoms with van der Waals surface area (Å²) >= 11 is 0. The standard InChI is InChI=1S/C13H13F3N4O/c1-3-6-17-12-18-11(19-13(20-12)21-2)7-4-5-8(14)10(16)9(7)15/h4-5H,3,6H2,1-2H3,(H,17,18,19,20). The molecule has 0 atom stereocenters. The number of methoxy groups -OCH3 is 1. The number of ether oxygens (including phenoxy) is 1. The van der Waals surface area contributed by atoms with Gasteiger partial charge in [0.05, 0.1) is 12.7 Å². The van der Waals surface area contributed by atoms with Crippen LogP contribution in [0.25, 0.3) is 11.4 Å². The van der Waals surface area contributed by atoms with E-state index in [1.807, 2.05) is 6.92 Å². The Bertz CT molecular complexity index is 652. The van der Waals surface area contributed by atoms with Crippen molar-refractivity contribution in [2.45, 2.75) is 13.3 Å². The quantitative estimate of drug-likeness (QED) is 0.860. The monoisotopic (exact) mass is 298 g/mol. The van der Waals surface area contributed by atoms with Crippen molar-refractivity contribution < 1.29 is 17.9 Å². The number of halogens is 3. The molecule has 1 aromatic carbocycles. The molecule has 1 aromatic heterocycles. The lowest BCUT2D eigenvalue weighted by atomic mass is 10.2. The average Bonchev–Trinajstić information content (AvgIpc) is 2.50. The van der Waals surface area contributed by atoms with Crippen LogP contribution in [-0.4, -0.2) is 28.6 Å². The van der Waals surface area contributed by atoms with Gasteiger partial charge in [0.1, 0.15) is 0 Å². The van der Waals surface area contributed by atoms with Gasteiger partial charge in [0.15, 0.2) is 23.3 Å². The number of hydrogen-bond acceptors (Lipinski definition) is 5. The first-order chi connectivity index (χ1) is 10.1. The number of aromatic nitrogens is 3. The summed E-state index contributed by atoms with van der Waals surface area (Å²) in [6.45, 7) is 2.54. The molecule has 0 unspecified atom stereocenters. The van der Waals surface area contributed by atoms with Gasteiger partial charge >= 0.3 is 6.01 Å². The van der Waals surface area contributed by atoms with Crippen molar-refractivity contribution in [1.82, 2.24) is 15.0 Å². The Balaban J connectivity index is 2.50. The molecule has 1 N–H and O–H groups in total. The van der Waals surface area contributed by atoms with E-state index >= 15 is 0 Å². The largest absolute Gasteiger partial charge is 0.467 e. The first-order valence-corrected chi connectivity index (χ1v) is 6.24. The molecule has 0 aliphatic rings. The van der Waals surface area contributed by atoms with E-state index in [0.717, 1.165) is 18.6 Å². The number of anilines is 1. The Kier molecular flexibility index (Phi) is 4.56.